The molecule has 2 aliphatic rings. The normalized spacial score (nSPS) is 24.8. The summed E-state index contributed by atoms with van der Waals surface area (Å²) in [5.74, 6) is 0.603. The van der Waals surface area contributed by atoms with E-state index in [9.17, 15) is 10.1 Å². The van der Waals surface area contributed by atoms with Crippen LogP contribution in [0.2, 0.25) is 0 Å². The van der Waals surface area contributed by atoms with Crippen LogP contribution < -0.4 is 10.6 Å². The molecule has 21 heavy (non-hydrogen) atoms. The van der Waals surface area contributed by atoms with Gasteiger partial charge in [0.1, 0.15) is 6.33 Å². The molecule has 3 heterocycles. The third-order valence-electron chi connectivity index (χ3n) is 4.28. The summed E-state index contributed by atoms with van der Waals surface area (Å²) >= 11 is 0. The molecule has 2 N–H and O–H groups in total. The molecule has 0 radical (unpaired) electrons. The second kappa shape index (κ2) is 5.80. The summed E-state index contributed by atoms with van der Waals surface area (Å²) < 4.78 is 0. The highest BCUT2D eigenvalue weighted by Gasteiger charge is 2.38. The molecule has 1 aromatic rings. The third kappa shape index (κ3) is 2.63. The highest BCUT2D eigenvalue weighted by molar-refractivity contribution is 5.69. The van der Waals surface area contributed by atoms with E-state index in [2.05, 4.69) is 25.5 Å². The van der Waals surface area contributed by atoms with Crippen molar-refractivity contribution in [1.82, 2.24) is 14.9 Å². The maximum Gasteiger partial charge on any atom is 0.353 e. The van der Waals surface area contributed by atoms with Gasteiger partial charge in [-0.3, -0.25) is 15.0 Å². The summed E-state index contributed by atoms with van der Waals surface area (Å²) in [4.78, 5) is 21.5. The third-order valence-corrected chi connectivity index (χ3v) is 4.28. The predicted molar refractivity (Wildman–Crippen MR) is 79.5 cm³/mol. The maximum absolute atomic E-state index is 11.4. The molecule has 114 valence electrons. The van der Waals surface area contributed by atoms with Crippen molar-refractivity contribution >= 4 is 17.3 Å². The Morgan fingerprint density at radius 1 is 1.38 bits per heavy atom. The molecule has 0 saturated carbocycles. The Hall–Kier alpha value is -1.96. The van der Waals surface area contributed by atoms with Crippen molar-refractivity contribution in [2.75, 3.05) is 30.3 Å². The number of nitro groups is 1. The fourth-order valence-corrected chi connectivity index (χ4v) is 3.38. The van der Waals surface area contributed by atoms with E-state index in [1.54, 1.807) is 0 Å². The van der Waals surface area contributed by atoms with Gasteiger partial charge in [-0.1, -0.05) is 0 Å². The van der Waals surface area contributed by atoms with E-state index in [0.717, 1.165) is 25.9 Å². The summed E-state index contributed by atoms with van der Waals surface area (Å²) in [7, 11) is 0. The van der Waals surface area contributed by atoms with Crippen LogP contribution in [0.3, 0.4) is 0 Å². The highest BCUT2D eigenvalue weighted by atomic mass is 16.6. The number of hydrogen-bond acceptors (Lipinski definition) is 7. The number of aromatic nitrogens is 2. The summed E-state index contributed by atoms with van der Waals surface area (Å²) in [5.41, 5.74) is -0.0594. The molecule has 0 amide bonds. The first-order valence-electron chi connectivity index (χ1n) is 7.44. The van der Waals surface area contributed by atoms with Crippen LogP contribution in [-0.2, 0) is 0 Å². The second-order valence-electron chi connectivity index (χ2n) is 5.49. The van der Waals surface area contributed by atoms with Crippen LogP contribution in [0.4, 0.5) is 17.3 Å². The standard InChI is InChI=1S/C13H20N6O2/c1-2-14-12-11(19(20)21)13(16-8-15-12)17-9-5-7-18-6-3-4-10(9)18/h8-10H,2-7H2,1H3,(H2,14,15,16,17). The van der Waals surface area contributed by atoms with Crippen LogP contribution in [0.15, 0.2) is 6.33 Å². The van der Waals surface area contributed by atoms with Gasteiger partial charge in [0, 0.05) is 25.2 Å². The van der Waals surface area contributed by atoms with E-state index < -0.39 is 4.92 Å². The number of nitrogens with one attached hydrogen (secondary N) is 2. The van der Waals surface area contributed by atoms with Gasteiger partial charge in [-0.15, -0.1) is 0 Å². The smallest absolute Gasteiger partial charge is 0.353 e. The van der Waals surface area contributed by atoms with Gasteiger partial charge in [0.2, 0.25) is 11.6 Å². The van der Waals surface area contributed by atoms with Gasteiger partial charge in [0.05, 0.1) is 4.92 Å². The monoisotopic (exact) mass is 292 g/mol. The summed E-state index contributed by atoms with van der Waals surface area (Å²) in [6.07, 6.45) is 4.73. The largest absolute Gasteiger partial charge is 0.364 e. The average molecular weight is 292 g/mol. The van der Waals surface area contributed by atoms with Gasteiger partial charge in [0.25, 0.3) is 0 Å². The lowest BCUT2D eigenvalue weighted by Gasteiger charge is -2.21. The van der Waals surface area contributed by atoms with E-state index in [0.29, 0.717) is 18.4 Å². The molecule has 8 nitrogen and oxygen atoms in total. The highest BCUT2D eigenvalue weighted by Crippen LogP contribution is 2.34. The minimum atomic E-state index is -0.415. The second-order valence-corrected chi connectivity index (χ2v) is 5.49. The lowest BCUT2D eigenvalue weighted by molar-refractivity contribution is -0.383. The Morgan fingerprint density at radius 3 is 2.95 bits per heavy atom. The molecule has 2 unspecified atom stereocenters. The zero-order chi connectivity index (χ0) is 14.8. The molecule has 2 atom stereocenters. The van der Waals surface area contributed by atoms with Crippen molar-refractivity contribution in [3.63, 3.8) is 0 Å². The van der Waals surface area contributed by atoms with E-state index in [1.807, 2.05) is 6.92 Å². The molecule has 0 bridgehead atoms. The lowest BCUT2D eigenvalue weighted by Crippen LogP contribution is -2.34. The molecular weight excluding hydrogens is 272 g/mol. The summed E-state index contributed by atoms with van der Waals surface area (Å²) in [6, 6.07) is 0.706. The Kier molecular flexibility index (Phi) is 3.87. The molecule has 2 fully saturated rings. The van der Waals surface area contributed by atoms with Crippen molar-refractivity contribution < 1.29 is 4.92 Å². The molecule has 2 aliphatic heterocycles. The number of rotatable bonds is 5. The first kappa shape index (κ1) is 14.0. The van der Waals surface area contributed by atoms with E-state index in [-0.39, 0.29) is 17.5 Å². The van der Waals surface area contributed by atoms with Crippen molar-refractivity contribution in [3.05, 3.63) is 16.4 Å². The van der Waals surface area contributed by atoms with Crippen LogP contribution in [0.1, 0.15) is 26.2 Å². The minimum Gasteiger partial charge on any atom is -0.364 e. The summed E-state index contributed by atoms with van der Waals surface area (Å²) in [5, 5.41) is 17.6. The Labute approximate surface area is 123 Å². The van der Waals surface area contributed by atoms with E-state index in [4.69, 9.17) is 0 Å². The van der Waals surface area contributed by atoms with Gasteiger partial charge in [-0.25, -0.2) is 9.97 Å². The van der Waals surface area contributed by atoms with E-state index in [1.165, 1.54) is 12.7 Å². The van der Waals surface area contributed by atoms with Gasteiger partial charge < -0.3 is 10.6 Å². The topological polar surface area (TPSA) is 96.2 Å². The molecular formula is C13H20N6O2. The van der Waals surface area contributed by atoms with Crippen molar-refractivity contribution in [2.24, 2.45) is 0 Å². The first-order chi connectivity index (χ1) is 10.2. The van der Waals surface area contributed by atoms with Gasteiger partial charge in [-0.05, 0) is 32.7 Å². The predicted octanol–water partition coefficient (Wildman–Crippen LogP) is 1.47. The van der Waals surface area contributed by atoms with E-state index >= 15 is 0 Å². The van der Waals surface area contributed by atoms with Gasteiger partial charge in [-0.2, -0.15) is 0 Å². The average Bonchev–Trinajstić information content (AvgIpc) is 3.04. The molecule has 3 rings (SSSR count). The van der Waals surface area contributed by atoms with Crippen LogP contribution in [0.5, 0.6) is 0 Å². The van der Waals surface area contributed by atoms with Crippen LogP contribution in [0, 0.1) is 10.1 Å². The van der Waals surface area contributed by atoms with Crippen molar-refractivity contribution in [1.29, 1.82) is 0 Å². The minimum absolute atomic E-state index is 0.0594. The molecule has 0 spiro atoms. The number of fused-ring (bicyclic) bond motifs is 1. The zero-order valence-electron chi connectivity index (χ0n) is 12.1. The molecule has 0 aliphatic carbocycles. The van der Waals surface area contributed by atoms with Crippen LogP contribution in [0.25, 0.3) is 0 Å². The molecule has 2 saturated heterocycles. The molecule has 0 aromatic carbocycles. The fourth-order valence-electron chi connectivity index (χ4n) is 3.38. The maximum atomic E-state index is 11.4. The summed E-state index contributed by atoms with van der Waals surface area (Å²) in [6.45, 7) is 4.65. The Balaban J connectivity index is 1.84. The van der Waals surface area contributed by atoms with Crippen LogP contribution >= 0.6 is 0 Å². The van der Waals surface area contributed by atoms with Gasteiger partial charge >= 0.3 is 5.69 Å². The molecule has 1 aromatic heterocycles. The SMILES string of the molecule is CCNc1ncnc(NC2CCN3CCCC23)c1[N+](=O)[O-]. The Morgan fingerprint density at radius 2 is 2.19 bits per heavy atom. The number of nitrogens with zero attached hydrogens (tertiary/aromatic N) is 4. The lowest BCUT2D eigenvalue weighted by atomic mass is 10.1. The fraction of sp³-hybridized carbons (Fsp3) is 0.692. The number of anilines is 2. The Bertz CT molecular complexity index is 537. The first-order valence-corrected chi connectivity index (χ1v) is 7.44. The quantitative estimate of drug-likeness (QED) is 0.626. The zero-order valence-corrected chi connectivity index (χ0v) is 12.1. The number of hydrogen-bond donors (Lipinski definition) is 2. The van der Waals surface area contributed by atoms with Crippen LogP contribution in [-0.4, -0.2) is 51.5 Å². The molecule has 8 heteroatoms. The van der Waals surface area contributed by atoms with Crippen molar-refractivity contribution in [3.8, 4) is 0 Å². The van der Waals surface area contributed by atoms with Crippen molar-refractivity contribution in [2.45, 2.75) is 38.3 Å². The van der Waals surface area contributed by atoms with Gasteiger partial charge in [0.15, 0.2) is 0 Å².